The summed E-state index contributed by atoms with van der Waals surface area (Å²) in [6.45, 7) is 4.01. The van der Waals surface area contributed by atoms with Gasteiger partial charge >= 0.3 is 0 Å². The number of nitrogens with two attached hydrogens (primary N) is 1. The van der Waals surface area contributed by atoms with Crippen LogP contribution in [-0.2, 0) is 0 Å². The maximum absolute atomic E-state index is 12.1. The molecular weight excluding hydrogens is 230 g/mol. The lowest BCUT2D eigenvalue weighted by Gasteiger charge is -2.15. The summed E-state index contributed by atoms with van der Waals surface area (Å²) in [7, 11) is 3.12. The molecule has 1 aromatic rings. The van der Waals surface area contributed by atoms with E-state index in [1.54, 1.807) is 32.4 Å². The molecule has 0 aromatic heterocycles. The molecule has 4 nitrogen and oxygen atoms in total. The molecule has 0 bridgehead atoms. The van der Waals surface area contributed by atoms with Crippen LogP contribution >= 0.6 is 0 Å². The molecule has 0 amide bonds. The monoisotopic (exact) mass is 251 g/mol. The van der Waals surface area contributed by atoms with E-state index < -0.39 is 0 Å². The highest BCUT2D eigenvalue weighted by atomic mass is 16.5. The smallest absolute Gasteiger partial charge is 0.164 e. The highest BCUT2D eigenvalue weighted by Crippen LogP contribution is 2.23. The molecule has 1 unspecified atom stereocenters. The van der Waals surface area contributed by atoms with Crippen molar-refractivity contribution in [2.75, 3.05) is 14.2 Å². The predicted molar refractivity (Wildman–Crippen MR) is 71.3 cm³/mol. The normalized spacial score (nSPS) is 12.3. The zero-order valence-electron chi connectivity index (χ0n) is 11.4. The third-order valence-electron chi connectivity index (χ3n) is 2.95. The summed E-state index contributed by atoms with van der Waals surface area (Å²) >= 11 is 0. The Morgan fingerprint density at radius 1 is 1.17 bits per heavy atom. The van der Waals surface area contributed by atoms with E-state index in [1.807, 2.05) is 13.8 Å². The number of hydrogen-bond donors (Lipinski definition) is 1. The van der Waals surface area contributed by atoms with Crippen molar-refractivity contribution in [3.05, 3.63) is 23.8 Å². The first kappa shape index (κ1) is 14.5. The van der Waals surface area contributed by atoms with Crippen molar-refractivity contribution >= 4 is 5.78 Å². The molecule has 2 N–H and O–H groups in total. The summed E-state index contributed by atoms with van der Waals surface area (Å²) in [4.78, 5) is 12.1. The topological polar surface area (TPSA) is 61.5 Å². The van der Waals surface area contributed by atoms with Gasteiger partial charge in [-0.2, -0.15) is 0 Å². The Hall–Kier alpha value is -1.55. The first-order valence-corrected chi connectivity index (χ1v) is 5.99. The number of ether oxygens (including phenoxy) is 2. The second-order valence-electron chi connectivity index (χ2n) is 4.64. The summed E-state index contributed by atoms with van der Waals surface area (Å²) in [6.07, 6.45) is 0.327. The Morgan fingerprint density at radius 3 is 2.06 bits per heavy atom. The maximum Gasteiger partial charge on any atom is 0.164 e. The highest BCUT2D eigenvalue weighted by Gasteiger charge is 2.16. The molecule has 0 aliphatic carbocycles. The van der Waals surface area contributed by atoms with Crippen LogP contribution in [0.15, 0.2) is 18.2 Å². The Kier molecular flexibility index (Phi) is 5.16. The van der Waals surface area contributed by atoms with Crippen LogP contribution in [0.3, 0.4) is 0 Å². The minimum Gasteiger partial charge on any atom is -0.497 e. The number of rotatable bonds is 6. The number of hydrogen-bond acceptors (Lipinski definition) is 4. The van der Waals surface area contributed by atoms with Crippen molar-refractivity contribution < 1.29 is 14.3 Å². The molecule has 4 heteroatoms. The number of methoxy groups -OCH3 is 2. The second kappa shape index (κ2) is 6.40. The van der Waals surface area contributed by atoms with Gasteiger partial charge in [0.05, 0.1) is 14.2 Å². The standard InChI is InChI=1S/C14H21NO3/c1-9(2)13(15)8-14(16)10-5-11(17-3)7-12(6-10)18-4/h5-7,9,13H,8,15H2,1-4H3. The van der Waals surface area contributed by atoms with Gasteiger partial charge in [-0.05, 0) is 18.1 Å². The molecule has 0 aliphatic heterocycles. The van der Waals surface area contributed by atoms with Crippen LogP contribution in [0.1, 0.15) is 30.6 Å². The molecule has 0 fully saturated rings. The Bertz CT molecular complexity index is 393. The maximum atomic E-state index is 12.1. The lowest BCUT2D eigenvalue weighted by atomic mass is 9.96. The van der Waals surface area contributed by atoms with Crippen LogP contribution in [0.4, 0.5) is 0 Å². The molecule has 1 aromatic carbocycles. The number of ketones is 1. The molecule has 1 atom stereocenters. The molecule has 18 heavy (non-hydrogen) atoms. The number of Topliss-reactive ketones (excluding diaryl/α,β-unsaturated/α-hetero) is 1. The number of carbonyl (C=O) groups is 1. The Morgan fingerprint density at radius 2 is 1.67 bits per heavy atom. The molecule has 0 saturated heterocycles. The summed E-state index contributed by atoms with van der Waals surface area (Å²) in [5, 5.41) is 0. The van der Waals surface area contributed by atoms with Crippen LogP contribution in [0.25, 0.3) is 0 Å². The van der Waals surface area contributed by atoms with Crippen molar-refractivity contribution in [1.29, 1.82) is 0 Å². The molecule has 0 heterocycles. The van der Waals surface area contributed by atoms with E-state index in [4.69, 9.17) is 15.2 Å². The fourth-order valence-corrected chi connectivity index (χ4v) is 1.54. The van der Waals surface area contributed by atoms with E-state index in [0.29, 0.717) is 23.5 Å². The zero-order chi connectivity index (χ0) is 13.7. The fraction of sp³-hybridized carbons (Fsp3) is 0.500. The largest absolute Gasteiger partial charge is 0.497 e. The quantitative estimate of drug-likeness (QED) is 0.788. The van der Waals surface area contributed by atoms with Gasteiger partial charge in [0, 0.05) is 24.1 Å². The van der Waals surface area contributed by atoms with Gasteiger partial charge in [-0.25, -0.2) is 0 Å². The van der Waals surface area contributed by atoms with E-state index in [1.165, 1.54) is 0 Å². The Labute approximate surface area is 108 Å². The highest BCUT2D eigenvalue weighted by molar-refractivity contribution is 5.97. The average Bonchev–Trinajstić information content (AvgIpc) is 2.37. The predicted octanol–water partition coefficient (Wildman–Crippen LogP) is 2.26. The summed E-state index contributed by atoms with van der Waals surface area (Å²) in [6, 6.07) is 5.02. The Balaban J connectivity index is 2.91. The molecule has 1 rings (SSSR count). The second-order valence-corrected chi connectivity index (χ2v) is 4.64. The molecule has 0 aliphatic rings. The van der Waals surface area contributed by atoms with Gasteiger partial charge in [-0.15, -0.1) is 0 Å². The van der Waals surface area contributed by atoms with Crippen molar-refractivity contribution in [1.82, 2.24) is 0 Å². The van der Waals surface area contributed by atoms with Crippen LogP contribution < -0.4 is 15.2 Å². The van der Waals surface area contributed by atoms with Crippen LogP contribution in [0, 0.1) is 5.92 Å². The molecule has 0 radical (unpaired) electrons. The summed E-state index contributed by atoms with van der Waals surface area (Å²) in [5.41, 5.74) is 6.48. The van der Waals surface area contributed by atoms with Gasteiger partial charge in [0.2, 0.25) is 0 Å². The molecule has 0 spiro atoms. The van der Waals surface area contributed by atoms with Gasteiger partial charge in [-0.3, -0.25) is 4.79 Å². The fourth-order valence-electron chi connectivity index (χ4n) is 1.54. The van der Waals surface area contributed by atoms with Gasteiger partial charge in [0.25, 0.3) is 0 Å². The molecule has 0 saturated carbocycles. The average molecular weight is 251 g/mol. The third-order valence-corrected chi connectivity index (χ3v) is 2.95. The van der Waals surface area contributed by atoms with E-state index in [-0.39, 0.29) is 17.7 Å². The SMILES string of the molecule is COc1cc(OC)cc(C(=O)CC(N)C(C)C)c1. The van der Waals surface area contributed by atoms with E-state index >= 15 is 0 Å². The van der Waals surface area contributed by atoms with Gasteiger partial charge in [-0.1, -0.05) is 13.8 Å². The van der Waals surface area contributed by atoms with Crippen LogP contribution in [0.5, 0.6) is 11.5 Å². The van der Waals surface area contributed by atoms with Crippen molar-refractivity contribution in [2.24, 2.45) is 11.7 Å². The van der Waals surface area contributed by atoms with E-state index in [2.05, 4.69) is 0 Å². The lowest BCUT2D eigenvalue weighted by molar-refractivity contribution is 0.0967. The minimum atomic E-state index is -0.130. The van der Waals surface area contributed by atoms with Crippen LogP contribution in [0.2, 0.25) is 0 Å². The zero-order valence-corrected chi connectivity index (χ0v) is 11.4. The first-order valence-electron chi connectivity index (χ1n) is 5.99. The van der Waals surface area contributed by atoms with Crippen molar-refractivity contribution in [2.45, 2.75) is 26.3 Å². The van der Waals surface area contributed by atoms with Crippen molar-refractivity contribution in [3.8, 4) is 11.5 Å². The first-order chi connectivity index (χ1) is 8.47. The minimum absolute atomic E-state index is 0.00778. The molecule has 100 valence electrons. The van der Waals surface area contributed by atoms with Gasteiger partial charge in [0.15, 0.2) is 5.78 Å². The van der Waals surface area contributed by atoms with Gasteiger partial charge < -0.3 is 15.2 Å². The number of benzene rings is 1. The van der Waals surface area contributed by atoms with Gasteiger partial charge in [0.1, 0.15) is 11.5 Å². The summed E-state index contributed by atoms with van der Waals surface area (Å²) < 4.78 is 10.3. The van der Waals surface area contributed by atoms with Crippen LogP contribution in [-0.4, -0.2) is 26.0 Å². The molecular formula is C14H21NO3. The van der Waals surface area contributed by atoms with E-state index in [9.17, 15) is 4.79 Å². The number of carbonyl (C=O) groups excluding carboxylic acids is 1. The third kappa shape index (κ3) is 3.74. The lowest BCUT2D eigenvalue weighted by Crippen LogP contribution is -2.29. The van der Waals surface area contributed by atoms with Crippen molar-refractivity contribution in [3.63, 3.8) is 0 Å². The summed E-state index contributed by atoms with van der Waals surface area (Å²) in [5.74, 6) is 1.50. The van der Waals surface area contributed by atoms with E-state index in [0.717, 1.165) is 0 Å².